The van der Waals surface area contributed by atoms with Crippen molar-refractivity contribution in [3.63, 3.8) is 0 Å². The number of phenols is 1. The molecule has 134 valence electrons. The van der Waals surface area contributed by atoms with Gasteiger partial charge in [0.15, 0.2) is 11.6 Å². The topological polar surface area (TPSA) is 68.8 Å². The van der Waals surface area contributed by atoms with Crippen LogP contribution in [-0.4, -0.2) is 29.7 Å². The van der Waals surface area contributed by atoms with Crippen LogP contribution in [0.25, 0.3) is 22.9 Å². The summed E-state index contributed by atoms with van der Waals surface area (Å²) < 4.78 is 4.46. The van der Waals surface area contributed by atoms with E-state index in [1.165, 1.54) is 42.6 Å². The highest BCUT2D eigenvalue weighted by Crippen LogP contribution is 2.39. The fraction of sp³-hybridized carbons (Fsp3) is 0.450. The largest absolute Gasteiger partial charge is 0.508 e. The van der Waals surface area contributed by atoms with E-state index in [0.29, 0.717) is 6.04 Å². The molecule has 1 aromatic carbocycles. The molecule has 1 N–H and O–H groups in total. The fourth-order valence-electron chi connectivity index (χ4n) is 4.45. The van der Waals surface area contributed by atoms with Crippen LogP contribution >= 0.6 is 0 Å². The van der Waals surface area contributed by atoms with E-state index in [4.69, 9.17) is 5.10 Å². The molecule has 6 nitrogen and oxygen atoms in total. The molecule has 1 fully saturated rings. The second-order valence-electron chi connectivity index (χ2n) is 7.31. The Morgan fingerprint density at radius 3 is 2.54 bits per heavy atom. The fourth-order valence-corrected chi connectivity index (χ4v) is 4.45. The molecule has 2 aromatic heterocycles. The summed E-state index contributed by atoms with van der Waals surface area (Å²) in [4.78, 5) is 0. The Kier molecular flexibility index (Phi) is 3.58. The molecule has 5 rings (SSSR count). The van der Waals surface area contributed by atoms with E-state index < -0.39 is 0 Å². The molecule has 0 atom stereocenters. The van der Waals surface area contributed by atoms with Gasteiger partial charge in [-0.1, -0.05) is 19.8 Å². The molecule has 3 aromatic rings. The van der Waals surface area contributed by atoms with Gasteiger partial charge in [-0.25, -0.2) is 0 Å². The van der Waals surface area contributed by atoms with E-state index in [-0.39, 0.29) is 5.75 Å². The Bertz CT molecular complexity index is 947. The maximum absolute atomic E-state index is 9.56. The van der Waals surface area contributed by atoms with Gasteiger partial charge < -0.3 is 9.67 Å². The van der Waals surface area contributed by atoms with Crippen molar-refractivity contribution in [2.24, 2.45) is 0 Å². The molecule has 1 aliphatic heterocycles. The minimum atomic E-state index is 0.265. The summed E-state index contributed by atoms with van der Waals surface area (Å²) in [6, 6.07) is 7.68. The molecule has 6 heteroatoms. The van der Waals surface area contributed by atoms with E-state index in [2.05, 4.69) is 26.4 Å². The number of aromatic nitrogens is 5. The van der Waals surface area contributed by atoms with Gasteiger partial charge in [0.1, 0.15) is 11.4 Å². The van der Waals surface area contributed by atoms with Crippen molar-refractivity contribution in [3.8, 4) is 28.7 Å². The highest BCUT2D eigenvalue weighted by Gasteiger charge is 2.32. The quantitative estimate of drug-likeness (QED) is 0.782. The number of aryl methyl sites for hydroxylation is 1. The molecule has 0 spiro atoms. The van der Waals surface area contributed by atoms with Gasteiger partial charge >= 0.3 is 0 Å². The van der Waals surface area contributed by atoms with Gasteiger partial charge in [-0.15, -0.1) is 10.2 Å². The number of hydrogen-bond donors (Lipinski definition) is 1. The lowest BCUT2D eigenvalue weighted by molar-refractivity contribution is 0.464. The lowest BCUT2D eigenvalue weighted by atomic mass is 10.0. The number of aromatic hydroxyl groups is 1. The summed E-state index contributed by atoms with van der Waals surface area (Å²) in [5.74, 6) is 2.07. The first kappa shape index (κ1) is 15.6. The first-order valence-electron chi connectivity index (χ1n) is 9.59. The monoisotopic (exact) mass is 349 g/mol. The average molecular weight is 349 g/mol. The van der Waals surface area contributed by atoms with Crippen molar-refractivity contribution >= 4 is 0 Å². The van der Waals surface area contributed by atoms with E-state index in [1.807, 2.05) is 12.1 Å². The van der Waals surface area contributed by atoms with Gasteiger partial charge in [-0.2, -0.15) is 5.10 Å². The lowest BCUT2D eigenvalue weighted by Crippen LogP contribution is -2.16. The number of fused-ring (bicyclic) bond motifs is 3. The summed E-state index contributed by atoms with van der Waals surface area (Å²) in [6.07, 6.45) is 6.91. The van der Waals surface area contributed by atoms with Crippen LogP contribution in [0.5, 0.6) is 5.75 Å². The summed E-state index contributed by atoms with van der Waals surface area (Å²) in [5, 5.41) is 23.6. The number of benzene rings is 1. The molecule has 3 heterocycles. The molecule has 0 amide bonds. The molecular weight excluding hydrogens is 326 g/mol. The predicted molar refractivity (Wildman–Crippen MR) is 98.9 cm³/mol. The molecule has 0 radical (unpaired) electrons. The maximum atomic E-state index is 9.56. The van der Waals surface area contributed by atoms with Crippen molar-refractivity contribution in [2.45, 2.75) is 58.0 Å². The van der Waals surface area contributed by atoms with Gasteiger partial charge in [0.25, 0.3) is 0 Å². The summed E-state index contributed by atoms with van der Waals surface area (Å²) in [7, 11) is 0. The third-order valence-corrected chi connectivity index (χ3v) is 5.77. The minimum absolute atomic E-state index is 0.265. The summed E-state index contributed by atoms with van der Waals surface area (Å²) >= 11 is 0. The van der Waals surface area contributed by atoms with Crippen LogP contribution < -0.4 is 0 Å². The zero-order chi connectivity index (χ0) is 17.7. The molecule has 2 aliphatic rings. The van der Waals surface area contributed by atoms with E-state index in [1.54, 1.807) is 12.1 Å². The van der Waals surface area contributed by atoms with Crippen LogP contribution in [0.2, 0.25) is 0 Å². The lowest BCUT2D eigenvalue weighted by Gasteiger charge is -2.20. The zero-order valence-electron chi connectivity index (χ0n) is 15.0. The normalized spacial score (nSPS) is 16.7. The van der Waals surface area contributed by atoms with Crippen molar-refractivity contribution in [2.75, 3.05) is 0 Å². The van der Waals surface area contributed by atoms with Crippen LogP contribution in [0, 0.1) is 0 Å². The molecule has 1 saturated carbocycles. The van der Waals surface area contributed by atoms with Gasteiger partial charge in [-0.3, -0.25) is 4.68 Å². The van der Waals surface area contributed by atoms with Crippen LogP contribution in [0.15, 0.2) is 24.3 Å². The highest BCUT2D eigenvalue weighted by atomic mass is 16.3. The zero-order valence-corrected chi connectivity index (χ0v) is 15.0. The van der Waals surface area contributed by atoms with Crippen LogP contribution in [0.4, 0.5) is 0 Å². The van der Waals surface area contributed by atoms with E-state index in [0.717, 1.165) is 36.6 Å². The Balaban J connectivity index is 1.65. The van der Waals surface area contributed by atoms with Crippen LogP contribution in [-0.2, 0) is 19.4 Å². The van der Waals surface area contributed by atoms with Gasteiger partial charge in [-0.05, 0) is 49.9 Å². The van der Waals surface area contributed by atoms with E-state index >= 15 is 0 Å². The summed E-state index contributed by atoms with van der Waals surface area (Å²) in [5.41, 5.74) is 4.73. The average Bonchev–Trinajstić information content (AvgIpc) is 3.39. The molecule has 26 heavy (non-hydrogen) atoms. The van der Waals surface area contributed by atoms with Gasteiger partial charge in [0.2, 0.25) is 0 Å². The number of rotatable bonds is 3. The highest BCUT2D eigenvalue weighted by molar-refractivity contribution is 5.65. The Hall–Kier alpha value is -2.63. The van der Waals surface area contributed by atoms with Crippen LogP contribution in [0.1, 0.15) is 49.9 Å². The third kappa shape index (κ3) is 2.28. The summed E-state index contributed by atoms with van der Waals surface area (Å²) in [6.45, 7) is 3.05. The third-order valence-electron chi connectivity index (χ3n) is 5.77. The molecule has 1 aliphatic carbocycles. The van der Waals surface area contributed by atoms with E-state index in [9.17, 15) is 5.11 Å². The minimum Gasteiger partial charge on any atom is -0.508 e. The van der Waals surface area contributed by atoms with Gasteiger partial charge in [0.05, 0.1) is 11.7 Å². The molecule has 0 saturated heterocycles. The Morgan fingerprint density at radius 1 is 1.08 bits per heavy atom. The Labute approximate surface area is 152 Å². The number of hydrogen-bond acceptors (Lipinski definition) is 4. The first-order valence-corrected chi connectivity index (χ1v) is 9.59. The SMILES string of the molecule is CCc1nn(C2CCCC2)c2c1CCn1c(-c3ccc(O)cc3)nnc1-2. The van der Waals surface area contributed by atoms with Crippen molar-refractivity contribution in [3.05, 3.63) is 35.5 Å². The van der Waals surface area contributed by atoms with Crippen molar-refractivity contribution < 1.29 is 5.11 Å². The maximum Gasteiger partial charge on any atom is 0.182 e. The molecule has 0 unspecified atom stereocenters. The Morgan fingerprint density at radius 2 is 1.81 bits per heavy atom. The second-order valence-corrected chi connectivity index (χ2v) is 7.31. The van der Waals surface area contributed by atoms with Gasteiger partial charge in [0, 0.05) is 17.7 Å². The second kappa shape index (κ2) is 5.97. The standard InChI is InChI=1S/C20H23N5O/c1-2-17-16-11-12-24-19(13-7-9-15(26)10-8-13)21-22-20(24)18(16)25(23-17)14-5-3-4-6-14/h7-10,14,26H,2-6,11-12H2,1H3. The van der Waals surface area contributed by atoms with Crippen LogP contribution in [0.3, 0.4) is 0 Å². The first-order chi connectivity index (χ1) is 12.8. The van der Waals surface area contributed by atoms with Crippen molar-refractivity contribution in [1.82, 2.24) is 24.5 Å². The predicted octanol–water partition coefficient (Wildman–Crippen LogP) is 3.75. The molecule has 0 bridgehead atoms. The number of nitrogens with zero attached hydrogens (tertiary/aromatic N) is 5. The smallest absolute Gasteiger partial charge is 0.182 e. The number of phenolic OH excluding ortho intramolecular Hbond substituents is 1. The molecular formula is C20H23N5O. The van der Waals surface area contributed by atoms with Crippen molar-refractivity contribution in [1.29, 1.82) is 0 Å².